The summed E-state index contributed by atoms with van der Waals surface area (Å²) in [5, 5.41) is 11.2. The molecule has 3 heterocycles. The van der Waals surface area contributed by atoms with E-state index in [1.807, 2.05) is 19.1 Å². The van der Waals surface area contributed by atoms with Crippen molar-refractivity contribution in [3.63, 3.8) is 0 Å². The van der Waals surface area contributed by atoms with E-state index in [2.05, 4.69) is 25.5 Å². The molecule has 0 spiro atoms. The molecule has 1 amide bonds. The van der Waals surface area contributed by atoms with E-state index < -0.39 is 0 Å². The molecule has 8 nitrogen and oxygen atoms in total. The lowest BCUT2D eigenvalue weighted by molar-refractivity contribution is 0.0937. The Hall–Kier alpha value is -3.03. The van der Waals surface area contributed by atoms with Gasteiger partial charge in [0, 0.05) is 12.2 Å². The quantitative estimate of drug-likeness (QED) is 0.775. The van der Waals surface area contributed by atoms with Crippen LogP contribution in [-0.2, 0) is 0 Å². The fraction of sp³-hybridized carbons (Fsp3) is 0.389. The van der Waals surface area contributed by atoms with Crippen molar-refractivity contribution in [3.05, 3.63) is 41.6 Å². The zero-order chi connectivity index (χ0) is 18.1. The molecule has 0 radical (unpaired) electrons. The second kappa shape index (κ2) is 6.70. The first-order chi connectivity index (χ1) is 12.6. The maximum absolute atomic E-state index is 12.5. The van der Waals surface area contributed by atoms with Gasteiger partial charge in [-0.3, -0.25) is 4.79 Å². The number of pyridine rings is 1. The summed E-state index contributed by atoms with van der Waals surface area (Å²) in [7, 11) is 0. The highest BCUT2D eigenvalue weighted by molar-refractivity contribution is 5.95. The average molecular weight is 352 g/mol. The number of aryl methyl sites for hydroxylation is 1. The molecule has 134 valence electrons. The van der Waals surface area contributed by atoms with E-state index in [1.165, 1.54) is 12.8 Å². The van der Waals surface area contributed by atoms with Gasteiger partial charge in [-0.15, -0.1) is 0 Å². The van der Waals surface area contributed by atoms with Crippen LogP contribution >= 0.6 is 0 Å². The second-order valence-electron chi connectivity index (χ2n) is 6.56. The number of carbonyl (C=O) groups is 1. The molecule has 0 aromatic carbocycles. The Balaban J connectivity index is 1.54. The van der Waals surface area contributed by atoms with Crippen LogP contribution < -0.4 is 5.32 Å². The van der Waals surface area contributed by atoms with Crippen LogP contribution in [0.5, 0.6) is 0 Å². The van der Waals surface area contributed by atoms with Crippen molar-refractivity contribution < 1.29 is 9.32 Å². The molecule has 0 aliphatic heterocycles. The Labute approximate surface area is 150 Å². The van der Waals surface area contributed by atoms with Gasteiger partial charge in [-0.25, -0.2) is 9.67 Å². The van der Waals surface area contributed by atoms with E-state index in [-0.39, 0.29) is 11.9 Å². The molecule has 1 fully saturated rings. The van der Waals surface area contributed by atoms with E-state index in [0.29, 0.717) is 23.1 Å². The van der Waals surface area contributed by atoms with Gasteiger partial charge in [0.05, 0.1) is 23.0 Å². The van der Waals surface area contributed by atoms with Crippen LogP contribution in [0.4, 0.5) is 0 Å². The third kappa shape index (κ3) is 3.10. The fourth-order valence-corrected chi connectivity index (χ4v) is 3.25. The Bertz CT molecular complexity index is 922. The predicted molar refractivity (Wildman–Crippen MR) is 93.8 cm³/mol. The number of carbonyl (C=O) groups excluding carboxylic acids is 1. The maximum atomic E-state index is 12.5. The SMILES string of the molecule is Cc1noc(-c2ccc(-n3ncc(C(=O)NC4CCCC4)c3C)nc2)n1. The van der Waals surface area contributed by atoms with Crippen molar-refractivity contribution in [1.29, 1.82) is 0 Å². The molecule has 1 N–H and O–H groups in total. The van der Waals surface area contributed by atoms with Gasteiger partial charge in [0.2, 0.25) is 0 Å². The van der Waals surface area contributed by atoms with E-state index in [1.54, 1.807) is 24.0 Å². The van der Waals surface area contributed by atoms with Gasteiger partial charge in [-0.1, -0.05) is 18.0 Å². The molecule has 3 aromatic rings. The largest absolute Gasteiger partial charge is 0.349 e. The fourth-order valence-electron chi connectivity index (χ4n) is 3.25. The Kier molecular flexibility index (Phi) is 4.24. The highest BCUT2D eigenvalue weighted by Gasteiger charge is 2.21. The van der Waals surface area contributed by atoms with Crippen LogP contribution in [0.25, 0.3) is 17.3 Å². The molecule has 4 rings (SSSR count). The molecule has 3 aromatic heterocycles. The van der Waals surface area contributed by atoms with Crippen LogP contribution in [0.2, 0.25) is 0 Å². The van der Waals surface area contributed by atoms with Gasteiger partial charge in [0.15, 0.2) is 11.6 Å². The topological polar surface area (TPSA) is 98.7 Å². The molecular weight excluding hydrogens is 332 g/mol. The molecule has 1 aliphatic rings. The normalized spacial score (nSPS) is 14.7. The summed E-state index contributed by atoms with van der Waals surface area (Å²) in [6.07, 6.45) is 7.71. The summed E-state index contributed by atoms with van der Waals surface area (Å²) in [4.78, 5) is 21.1. The molecule has 8 heteroatoms. The predicted octanol–water partition coefficient (Wildman–Crippen LogP) is 2.61. The smallest absolute Gasteiger partial charge is 0.259 e. The van der Waals surface area contributed by atoms with Gasteiger partial charge < -0.3 is 9.84 Å². The maximum Gasteiger partial charge on any atom is 0.259 e. The first-order valence-corrected chi connectivity index (χ1v) is 8.74. The minimum atomic E-state index is -0.0707. The number of rotatable bonds is 4. The lowest BCUT2D eigenvalue weighted by Gasteiger charge is -2.11. The number of amides is 1. The van der Waals surface area contributed by atoms with Gasteiger partial charge in [0.1, 0.15) is 0 Å². The van der Waals surface area contributed by atoms with E-state index in [4.69, 9.17) is 4.52 Å². The average Bonchev–Trinajstić information content (AvgIpc) is 3.37. The number of nitrogens with zero attached hydrogens (tertiary/aromatic N) is 5. The molecular formula is C18H20N6O2. The summed E-state index contributed by atoms with van der Waals surface area (Å²) in [5.74, 6) is 1.56. The van der Waals surface area contributed by atoms with Gasteiger partial charge in [-0.2, -0.15) is 10.1 Å². The zero-order valence-electron chi connectivity index (χ0n) is 14.8. The van der Waals surface area contributed by atoms with E-state index >= 15 is 0 Å². The Morgan fingerprint density at radius 2 is 2.04 bits per heavy atom. The van der Waals surface area contributed by atoms with Crippen LogP contribution in [0.3, 0.4) is 0 Å². The summed E-state index contributed by atoms with van der Waals surface area (Å²) >= 11 is 0. The van der Waals surface area contributed by atoms with Crippen molar-refractivity contribution in [2.45, 2.75) is 45.6 Å². The summed E-state index contributed by atoms with van der Waals surface area (Å²) in [6.45, 7) is 3.63. The molecule has 1 saturated carbocycles. The van der Waals surface area contributed by atoms with Gasteiger partial charge >= 0.3 is 0 Å². The summed E-state index contributed by atoms with van der Waals surface area (Å²) < 4.78 is 6.80. The number of hydrogen-bond donors (Lipinski definition) is 1. The summed E-state index contributed by atoms with van der Waals surface area (Å²) in [6, 6.07) is 3.93. The minimum Gasteiger partial charge on any atom is -0.349 e. The van der Waals surface area contributed by atoms with Crippen LogP contribution in [0.15, 0.2) is 29.0 Å². The van der Waals surface area contributed by atoms with Crippen LogP contribution in [0.1, 0.15) is 47.6 Å². The molecule has 0 unspecified atom stereocenters. The first kappa shape index (κ1) is 16.4. The standard InChI is InChI=1S/C18H20N6O2/c1-11-15(17(25)22-14-5-3-4-6-14)10-20-24(11)16-8-7-13(9-19-16)18-21-12(2)23-26-18/h7-10,14H,3-6H2,1-2H3,(H,22,25). The Morgan fingerprint density at radius 1 is 1.23 bits per heavy atom. The number of hydrogen-bond acceptors (Lipinski definition) is 6. The number of aromatic nitrogens is 5. The zero-order valence-corrected chi connectivity index (χ0v) is 14.8. The van der Waals surface area contributed by atoms with Crippen LogP contribution in [-0.4, -0.2) is 36.9 Å². The van der Waals surface area contributed by atoms with Gasteiger partial charge in [-0.05, 0) is 38.8 Å². The number of nitrogens with one attached hydrogen (secondary N) is 1. The molecule has 26 heavy (non-hydrogen) atoms. The van der Waals surface area contributed by atoms with E-state index in [9.17, 15) is 4.79 Å². The second-order valence-corrected chi connectivity index (χ2v) is 6.56. The molecule has 0 bridgehead atoms. The highest BCUT2D eigenvalue weighted by Crippen LogP contribution is 2.20. The van der Waals surface area contributed by atoms with Crippen LogP contribution in [0, 0.1) is 13.8 Å². The Morgan fingerprint density at radius 3 is 2.69 bits per heavy atom. The summed E-state index contributed by atoms with van der Waals surface area (Å²) in [5.41, 5.74) is 2.07. The molecule has 0 saturated heterocycles. The monoisotopic (exact) mass is 352 g/mol. The lowest BCUT2D eigenvalue weighted by atomic mass is 10.2. The third-order valence-corrected chi connectivity index (χ3v) is 4.68. The van der Waals surface area contributed by atoms with Gasteiger partial charge in [0.25, 0.3) is 11.8 Å². The highest BCUT2D eigenvalue weighted by atomic mass is 16.5. The van der Waals surface area contributed by atoms with E-state index in [0.717, 1.165) is 24.1 Å². The van der Waals surface area contributed by atoms with Crippen molar-refractivity contribution >= 4 is 5.91 Å². The van der Waals surface area contributed by atoms with Crippen molar-refractivity contribution in [2.24, 2.45) is 0 Å². The molecule has 0 atom stereocenters. The lowest BCUT2D eigenvalue weighted by Crippen LogP contribution is -2.32. The van der Waals surface area contributed by atoms with Crippen molar-refractivity contribution in [1.82, 2.24) is 30.2 Å². The minimum absolute atomic E-state index is 0.0707. The van der Waals surface area contributed by atoms with Crippen molar-refractivity contribution in [2.75, 3.05) is 0 Å². The van der Waals surface area contributed by atoms with Crippen molar-refractivity contribution in [3.8, 4) is 17.3 Å². The third-order valence-electron chi connectivity index (χ3n) is 4.68. The first-order valence-electron chi connectivity index (χ1n) is 8.74. The molecule has 1 aliphatic carbocycles.